The number of aromatic nitrogens is 4. The summed E-state index contributed by atoms with van der Waals surface area (Å²) in [5.41, 5.74) is 4.26. The van der Waals surface area contributed by atoms with E-state index in [0.717, 1.165) is 10.4 Å². The lowest BCUT2D eigenvalue weighted by Crippen LogP contribution is -2.41. The Morgan fingerprint density at radius 3 is 2.56 bits per heavy atom. The molecule has 0 saturated heterocycles. The van der Waals surface area contributed by atoms with Crippen molar-refractivity contribution in [1.82, 2.24) is 18.9 Å². The van der Waals surface area contributed by atoms with E-state index in [-0.39, 0.29) is 30.0 Å². The first-order valence-corrected chi connectivity index (χ1v) is 11.1. The molecule has 10 heteroatoms. The van der Waals surface area contributed by atoms with Gasteiger partial charge in [0.1, 0.15) is 28.4 Å². The number of rotatable bonds is 3. The number of aliphatic hydroxyl groups is 1. The molecule has 0 spiro atoms. The predicted octanol–water partition coefficient (Wildman–Crippen LogP) is 3.97. The summed E-state index contributed by atoms with van der Waals surface area (Å²) < 4.78 is 43.7. The molecule has 7 nitrogen and oxygen atoms in total. The Labute approximate surface area is 191 Å². The van der Waals surface area contributed by atoms with Crippen LogP contribution in [-0.2, 0) is 5.54 Å². The summed E-state index contributed by atoms with van der Waals surface area (Å²) in [4.78, 5) is 22.2. The first-order valence-electron chi connectivity index (χ1n) is 11.1. The van der Waals surface area contributed by atoms with Crippen LogP contribution in [0.15, 0.2) is 47.7 Å². The molecule has 34 heavy (non-hydrogen) atoms. The van der Waals surface area contributed by atoms with Crippen molar-refractivity contribution in [3.8, 4) is 11.3 Å². The average Bonchev–Trinajstić information content (AvgIpc) is 3.48. The van der Waals surface area contributed by atoms with E-state index < -0.39 is 22.9 Å². The minimum Gasteiger partial charge on any atom is -0.390 e. The highest BCUT2D eigenvalue weighted by molar-refractivity contribution is 5.91. The van der Waals surface area contributed by atoms with Crippen molar-refractivity contribution in [2.24, 2.45) is 0 Å². The Bertz CT molecular complexity index is 1520. The SMILES string of the molecule is CC1(O)CC(c2nc(-c3ccc4ccn(C5(C(F)(F)F)CC5)c(=O)c4c3)c3c(N)nccn23)C1. The fourth-order valence-electron chi connectivity index (χ4n) is 5.26. The molecule has 1 aromatic carbocycles. The van der Waals surface area contributed by atoms with E-state index >= 15 is 0 Å². The van der Waals surface area contributed by atoms with Crippen LogP contribution < -0.4 is 11.3 Å². The second kappa shape index (κ2) is 6.59. The minimum atomic E-state index is -4.50. The van der Waals surface area contributed by atoms with Gasteiger partial charge in [0, 0.05) is 35.5 Å². The number of nitrogens with two attached hydrogens (primary N) is 1. The second-order valence-electron chi connectivity index (χ2n) is 9.77. The molecule has 3 aromatic heterocycles. The Balaban J connectivity index is 1.53. The highest BCUT2D eigenvalue weighted by atomic mass is 19.4. The summed E-state index contributed by atoms with van der Waals surface area (Å²) in [7, 11) is 0. The Kier molecular flexibility index (Phi) is 4.10. The number of alkyl halides is 3. The van der Waals surface area contributed by atoms with Crippen LogP contribution in [0.25, 0.3) is 27.5 Å². The maximum absolute atomic E-state index is 13.7. The van der Waals surface area contributed by atoms with Crippen molar-refractivity contribution in [2.75, 3.05) is 5.73 Å². The third kappa shape index (κ3) is 2.91. The normalized spacial score (nSPS) is 23.9. The van der Waals surface area contributed by atoms with Crippen LogP contribution >= 0.6 is 0 Å². The molecule has 2 fully saturated rings. The van der Waals surface area contributed by atoms with Crippen molar-refractivity contribution < 1.29 is 18.3 Å². The molecular formula is C24H22F3N5O2. The van der Waals surface area contributed by atoms with Crippen LogP contribution in [0.4, 0.5) is 19.0 Å². The fourth-order valence-corrected chi connectivity index (χ4v) is 5.26. The summed E-state index contributed by atoms with van der Waals surface area (Å²) >= 11 is 0. The number of halogens is 3. The number of anilines is 1. The number of hydrogen-bond donors (Lipinski definition) is 2. The van der Waals surface area contributed by atoms with E-state index in [0.29, 0.717) is 35.0 Å². The molecule has 4 aromatic rings. The molecule has 2 aliphatic rings. The summed E-state index contributed by atoms with van der Waals surface area (Å²) in [6.45, 7) is 1.78. The molecule has 0 amide bonds. The van der Waals surface area contributed by atoms with Gasteiger partial charge >= 0.3 is 6.18 Å². The fraction of sp³-hybridized carbons (Fsp3) is 0.375. The largest absolute Gasteiger partial charge is 0.412 e. The number of pyridine rings is 1. The van der Waals surface area contributed by atoms with Crippen molar-refractivity contribution in [3.63, 3.8) is 0 Å². The zero-order valence-corrected chi connectivity index (χ0v) is 18.3. The maximum Gasteiger partial charge on any atom is 0.412 e. The van der Waals surface area contributed by atoms with Gasteiger partial charge in [-0.05, 0) is 50.1 Å². The molecule has 3 heterocycles. The molecule has 2 aliphatic carbocycles. The summed E-state index contributed by atoms with van der Waals surface area (Å²) in [5.74, 6) is 1.00. The van der Waals surface area contributed by atoms with E-state index in [4.69, 9.17) is 10.7 Å². The number of nitrogens with zero attached hydrogens (tertiary/aromatic N) is 4. The van der Waals surface area contributed by atoms with E-state index in [1.165, 1.54) is 12.3 Å². The quantitative estimate of drug-likeness (QED) is 0.473. The third-order valence-electron chi connectivity index (χ3n) is 7.24. The molecule has 0 atom stereocenters. The lowest BCUT2D eigenvalue weighted by Gasteiger charge is -2.40. The van der Waals surface area contributed by atoms with Gasteiger partial charge < -0.3 is 10.8 Å². The number of imidazole rings is 1. The molecule has 0 unspecified atom stereocenters. The molecule has 0 aliphatic heterocycles. The van der Waals surface area contributed by atoms with E-state index in [1.54, 1.807) is 37.5 Å². The number of fused-ring (bicyclic) bond motifs is 2. The van der Waals surface area contributed by atoms with Crippen molar-refractivity contribution >= 4 is 22.1 Å². The van der Waals surface area contributed by atoms with Gasteiger partial charge in [0.2, 0.25) is 0 Å². The summed E-state index contributed by atoms with van der Waals surface area (Å²) in [6.07, 6.45) is 0.943. The van der Waals surface area contributed by atoms with E-state index in [1.807, 2.05) is 4.40 Å². The van der Waals surface area contributed by atoms with Crippen molar-refractivity contribution in [3.05, 3.63) is 59.0 Å². The lowest BCUT2D eigenvalue weighted by molar-refractivity contribution is -0.180. The topological polar surface area (TPSA) is 98.4 Å². The number of nitrogen functional groups attached to an aromatic ring is 1. The van der Waals surface area contributed by atoms with Crippen LogP contribution in [0.2, 0.25) is 0 Å². The van der Waals surface area contributed by atoms with Crippen LogP contribution in [-0.4, -0.2) is 35.8 Å². The van der Waals surface area contributed by atoms with Gasteiger partial charge in [-0.15, -0.1) is 0 Å². The van der Waals surface area contributed by atoms with Gasteiger partial charge in [-0.3, -0.25) is 13.8 Å². The molecule has 0 radical (unpaired) electrons. The van der Waals surface area contributed by atoms with Gasteiger partial charge in [0.05, 0.1) is 5.60 Å². The standard InChI is InChI=1S/C24H22F3N5O2/c1-22(34)11-15(12-22)20-30-17(18-19(28)29-7-9-31(18)20)14-3-2-13-4-8-32(21(33)16(13)10-14)23(5-6-23)24(25,26)27/h2-4,7-10,15,34H,5-6,11-12H2,1H3,(H2,28,29). The number of benzene rings is 1. The first-order chi connectivity index (χ1) is 16.0. The third-order valence-corrected chi connectivity index (χ3v) is 7.24. The smallest absolute Gasteiger partial charge is 0.390 e. The van der Waals surface area contributed by atoms with Crippen LogP contribution in [0, 0.1) is 0 Å². The minimum absolute atomic E-state index is 0.0252. The van der Waals surface area contributed by atoms with Gasteiger partial charge in [-0.1, -0.05) is 12.1 Å². The lowest BCUT2D eigenvalue weighted by atomic mass is 9.72. The molecule has 0 bridgehead atoms. The van der Waals surface area contributed by atoms with Crippen LogP contribution in [0.1, 0.15) is 44.3 Å². The highest BCUT2D eigenvalue weighted by Gasteiger charge is 2.65. The summed E-state index contributed by atoms with van der Waals surface area (Å²) in [6, 6.07) is 6.60. The Morgan fingerprint density at radius 1 is 1.18 bits per heavy atom. The molecule has 3 N–H and O–H groups in total. The van der Waals surface area contributed by atoms with Crippen molar-refractivity contribution in [1.29, 1.82) is 0 Å². The first kappa shape index (κ1) is 21.2. The monoisotopic (exact) mass is 469 g/mol. The molecular weight excluding hydrogens is 447 g/mol. The van der Waals surface area contributed by atoms with E-state index in [2.05, 4.69) is 4.98 Å². The molecule has 176 valence electrons. The van der Waals surface area contributed by atoms with Gasteiger partial charge in [0.25, 0.3) is 5.56 Å². The Hall–Kier alpha value is -3.40. The Morgan fingerprint density at radius 2 is 1.91 bits per heavy atom. The van der Waals surface area contributed by atoms with Crippen LogP contribution in [0.5, 0.6) is 0 Å². The highest BCUT2D eigenvalue weighted by Crippen LogP contribution is 2.54. The van der Waals surface area contributed by atoms with Crippen LogP contribution in [0.3, 0.4) is 0 Å². The van der Waals surface area contributed by atoms with Gasteiger partial charge in [-0.2, -0.15) is 13.2 Å². The van der Waals surface area contributed by atoms with Gasteiger partial charge in [0.15, 0.2) is 0 Å². The predicted molar refractivity (Wildman–Crippen MR) is 120 cm³/mol. The number of hydrogen-bond acceptors (Lipinski definition) is 5. The summed E-state index contributed by atoms with van der Waals surface area (Å²) in [5, 5.41) is 10.9. The van der Waals surface area contributed by atoms with Gasteiger partial charge in [-0.25, -0.2) is 9.97 Å². The second-order valence-corrected chi connectivity index (χ2v) is 9.77. The van der Waals surface area contributed by atoms with E-state index in [9.17, 15) is 23.1 Å². The molecule has 6 rings (SSSR count). The molecule has 2 saturated carbocycles. The van der Waals surface area contributed by atoms with Crippen molar-refractivity contribution in [2.45, 2.75) is 55.8 Å². The maximum atomic E-state index is 13.7. The zero-order valence-electron chi connectivity index (χ0n) is 18.3. The zero-order chi connectivity index (χ0) is 24.0. The average molecular weight is 469 g/mol.